The van der Waals surface area contributed by atoms with Gasteiger partial charge in [-0.2, -0.15) is 0 Å². The zero-order valence-corrected chi connectivity index (χ0v) is 11.8. The van der Waals surface area contributed by atoms with Crippen LogP contribution < -0.4 is 14.8 Å². The highest BCUT2D eigenvalue weighted by atomic mass is 16.7. The van der Waals surface area contributed by atoms with Gasteiger partial charge in [0.1, 0.15) is 5.82 Å². The summed E-state index contributed by atoms with van der Waals surface area (Å²) in [5.74, 6) is 2.61. The van der Waals surface area contributed by atoms with Crippen LogP contribution in [-0.2, 0) is 6.54 Å². The number of ether oxygens (including phenoxy) is 2. The van der Waals surface area contributed by atoms with Crippen molar-refractivity contribution in [3.8, 4) is 22.8 Å². The molecule has 0 unspecified atom stereocenters. The number of hydrogen-bond acceptors (Lipinski definition) is 5. The minimum Gasteiger partial charge on any atom is -0.454 e. The van der Waals surface area contributed by atoms with Gasteiger partial charge in [-0.1, -0.05) is 0 Å². The first-order valence-electron chi connectivity index (χ1n) is 7.25. The summed E-state index contributed by atoms with van der Waals surface area (Å²) in [6, 6.07) is 5.95. The van der Waals surface area contributed by atoms with Crippen LogP contribution in [0.25, 0.3) is 11.3 Å². The highest BCUT2D eigenvalue weighted by Gasteiger charge is 2.16. The molecule has 4 rings (SSSR count). The summed E-state index contributed by atoms with van der Waals surface area (Å²) in [7, 11) is 0. The van der Waals surface area contributed by atoms with E-state index < -0.39 is 0 Å². The first kappa shape index (κ1) is 12.7. The monoisotopic (exact) mass is 286 g/mol. The fourth-order valence-electron chi connectivity index (χ4n) is 2.73. The topological polar surface area (TPSA) is 62.4 Å². The number of imidazole rings is 1. The zero-order valence-electron chi connectivity index (χ0n) is 11.8. The molecule has 0 atom stereocenters. The lowest BCUT2D eigenvalue weighted by Crippen LogP contribution is -2.43. The number of aromatic amines is 1. The van der Waals surface area contributed by atoms with Gasteiger partial charge in [-0.05, 0) is 18.2 Å². The summed E-state index contributed by atoms with van der Waals surface area (Å²) in [6.45, 7) is 5.41. The number of fused-ring (bicyclic) bond motifs is 1. The first-order valence-corrected chi connectivity index (χ1v) is 7.25. The van der Waals surface area contributed by atoms with Gasteiger partial charge in [-0.15, -0.1) is 0 Å². The van der Waals surface area contributed by atoms with E-state index >= 15 is 0 Å². The standard InChI is InChI=1S/C15H18N4O2/c1-2-13-14(21-10-20-13)7-11(1)12-8-17-15(18-12)9-19-5-3-16-4-6-19/h1-2,7-8,16H,3-6,9-10H2,(H,17,18). The van der Waals surface area contributed by atoms with E-state index in [2.05, 4.69) is 20.2 Å². The third-order valence-electron chi connectivity index (χ3n) is 3.90. The maximum absolute atomic E-state index is 5.42. The maximum Gasteiger partial charge on any atom is 0.231 e. The van der Waals surface area contributed by atoms with Gasteiger partial charge >= 0.3 is 0 Å². The van der Waals surface area contributed by atoms with E-state index in [0.717, 1.165) is 61.3 Å². The van der Waals surface area contributed by atoms with Gasteiger partial charge in [-0.25, -0.2) is 4.98 Å². The summed E-state index contributed by atoms with van der Waals surface area (Å²) in [5, 5.41) is 3.36. The lowest BCUT2D eigenvalue weighted by molar-refractivity contribution is 0.174. The van der Waals surface area contributed by atoms with Crippen LogP contribution in [0.3, 0.4) is 0 Å². The highest BCUT2D eigenvalue weighted by Crippen LogP contribution is 2.35. The zero-order chi connectivity index (χ0) is 14.1. The molecule has 0 radical (unpaired) electrons. The van der Waals surface area contributed by atoms with E-state index in [9.17, 15) is 0 Å². The van der Waals surface area contributed by atoms with Crippen molar-refractivity contribution in [1.82, 2.24) is 20.2 Å². The fourth-order valence-corrected chi connectivity index (χ4v) is 2.73. The highest BCUT2D eigenvalue weighted by molar-refractivity contribution is 5.64. The Bertz CT molecular complexity index is 634. The number of piperazine rings is 1. The Morgan fingerprint density at radius 3 is 2.90 bits per heavy atom. The first-order chi connectivity index (χ1) is 10.4. The van der Waals surface area contributed by atoms with Crippen molar-refractivity contribution in [3.05, 3.63) is 30.2 Å². The molecule has 21 heavy (non-hydrogen) atoms. The van der Waals surface area contributed by atoms with E-state index in [1.165, 1.54) is 0 Å². The summed E-state index contributed by atoms with van der Waals surface area (Å²) in [5.41, 5.74) is 2.08. The third-order valence-corrected chi connectivity index (χ3v) is 3.90. The maximum atomic E-state index is 5.42. The van der Waals surface area contributed by atoms with Gasteiger partial charge < -0.3 is 19.8 Å². The van der Waals surface area contributed by atoms with Crippen molar-refractivity contribution in [1.29, 1.82) is 0 Å². The summed E-state index contributed by atoms with van der Waals surface area (Å²) >= 11 is 0. The average molecular weight is 286 g/mol. The van der Waals surface area contributed by atoms with E-state index in [-0.39, 0.29) is 0 Å². The molecule has 1 saturated heterocycles. The molecule has 6 heteroatoms. The molecule has 0 saturated carbocycles. The quantitative estimate of drug-likeness (QED) is 0.888. The van der Waals surface area contributed by atoms with Gasteiger partial charge in [0.25, 0.3) is 0 Å². The van der Waals surface area contributed by atoms with E-state index in [0.29, 0.717) is 6.79 Å². The van der Waals surface area contributed by atoms with Crippen molar-refractivity contribution in [3.63, 3.8) is 0 Å². The Kier molecular flexibility index (Phi) is 3.25. The predicted molar refractivity (Wildman–Crippen MR) is 78.3 cm³/mol. The molecule has 3 heterocycles. The van der Waals surface area contributed by atoms with Crippen molar-refractivity contribution in [2.45, 2.75) is 6.54 Å². The van der Waals surface area contributed by atoms with Crippen molar-refractivity contribution in [2.75, 3.05) is 33.0 Å². The summed E-state index contributed by atoms with van der Waals surface area (Å²) in [4.78, 5) is 10.3. The van der Waals surface area contributed by atoms with Crippen LogP contribution in [0.2, 0.25) is 0 Å². The largest absolute Gasteiger partial charge is 0.454 e. The SMILES string of the molecule is c1cc2c(cc1-c1cnc(CN3CCNCC3)[nH]1)OCO2. The van der Waals surface area contributed by atoms with E-state index in [4.69, 9.17) is 9.47 Å². The Morgan fingerprint density at radius 1 is 1.14 bits per heavy atom. The molecule has 0 bridgehead atoms. The Labute approximate surface area is 123 Å². The number of nitrogens with one attached hydrogen (secondary N) is 2. The van der Waals surface area contributed by atoms with Crippen molar-refractivity contribution >= 4 is 0 Å². The number of H-pyrrole nitrogens is 1. The molecule has 2 aliphatic heterocycles. The van der Waals surface area contributed by atoms with Crippen molar-refractivity contribution in [2.24, 2.45) is 0 Å². The fraction of sp³-hybridized carbons (Fsp3) is 0.400. The van der Waals surface area contributed by atoms with Crippen LogP contribution in [0.1, 0.15) is 5.82 Å². The molecular weight excluding hydrogens is 268 g/mol. The van der Waals surface area contributed by atoms with Crippen LogP contribution in [0.5, 0.6) is 11.5 Å². The van der Waals surface area contributed by atoms with Crippen LogP contribution in [0.15, 0.2) is 24.4 Å². The lowest BCUT2D eigenvalue weighted by atomic mass is 10.1. The number of rotatable bonds is 3. The third kappa shape index (κ3) is 2.59. The number of benzene rings is 1. The average Bonchev–Trinajstić information content (AvgIpc) is 3.16. The number of nitrogens with zero attached hydrogens (tertiary/aromatic N) is 2. The number of hydrogen-bond donors (Lipinski definition) is 2. The van der Waals surface area contributed by atoms with E-state index in [1.807, 2.05) is 24.4 Å². The lowest BCUT2D eigenvalue weighted by Gasteiger charge is -2.26. The molecule has 6 nitrogen and oxygen atoms in total. The molecule has 2 aliphatic rings. The van der Waals surface area contributed by atoms with E-state index in [1.54, 1.807) is 0 Å². The Hall–Kier alpha value is -2.05. The molecule has 0 aliphatic carbocycles. The summed E-state index contributed by atoms with van der Waals surface area (Å²) in [6.07, 6.45) is 1.88. The second kappa shape index (κ2) is 5.38. The molecule has 2 aromatic rings. The van der Waals surface area contributed by atoms with Gasteiger partial charge in [0, 0.05) is 31.7 Å². The number of aromatic nitrogens is 2. The van der Waals surface area contributed by atoms with Crippen LogP contribution in [0, 0.1) is 0 Å². The molecule has 110 valence electrons. The van der Waals surface area contributed by atoms with Crippen LogP contribution >= 0.6 is 0 Å². The smallest absolute Gasteiger partial charge is 0.231 e. The second-order valence-corrected chi connectivity index (χ2v) is 5.34. The normalized spacial score (nSPS) is 18.1. The molecule has 2 N–H and O–H groups in total. The second-order valence-electron chi connectivity index (χ2n) is 5.34. The van der Waals surface area contributed by atoms with Gasteiger partial charge in [0.05, 0.1) is 18.4 Å². The minimum atomic E-state index is 0.302. The predicted octanol–water partition coefficient (Wildman–Crippen LogP) is 1.21. The van der Waals surface area contributed by atoms with Crippen LogP contribution in [-0.4, -0.2) is 47.8 Å². The molecular formula is C15H18N4O2. The van der Waals surface area contributed by atoms with Gasteiger partial charge in [-0.3, -0.25) is 4.90 Å². The minimum absolute atomic E-state index is 0.302. The molecule has 1 aromatic heterocycles. The molecule has 1 aromatic carbocycles. The molecule has 0 spiro atoms. The molecule has 0 amide bonds. The van der Waals surface area contributed by atoms with Gasteiger partial charge in [0.2, 0.25) is 6.79 Å². The Balaban J connectivity index is 1.51. The van der Waals surface area contributed by atoms with Crippen molar-refractivity contribution < 1.29 is 9.47 Å². The molecule has 1 fully saturated rings. The van der Waals surface area contributed by atoms with Crippen LogP contribution in [0.4, 0.5) is 0 Å². The summed E-state index contributed by atoms with van der Waals surface area (Å²) < 4.78 is 10.8. The van der Waals surface area contributed by atoms with Gasteiger partial charge in [0.15, 0.2) is 11.5 Å². The Morgan fingerprint density at radius 2 is 2.00 bits per heavy atom.